The molecule has 0 radical (unpaired) electrons. The lowest BCUT2D eigenvalue weighted by atomic mass is 10.2. The molecule has 0 aliphatic carbocycles. The van der Waals surface area contributed by atoms with Crippen LogP contribution in [0.25, 0.3) is 11.3 Å². The van der Waals surface area contributed by atoms with Gasteiger partial charge < -0.3 is 0 Å². The van der Waals surface area contributed by atoms with Crippen LogP contribution >= 0.6 is 0 Å². The fraction of sp³-hybridized carbons (Fsp3) is 0.182. The first-order valence-corrected chi connectivity index (χ1v) is 4.64. The van der Waals surface area contributed by atoms with Crippen LogP contribution in [0.15, 0.2) is 30.6 Å². The first-order chi connectivity index (χ1) is 7.18. The molecule has 0 saturated heterocycles. The molecule has 0 N–H and O–H groups in total. The van der Waals surface area contributed by atoms with Crippen molar-refractivity contribution in [3.63, 3.8) is 0 Å². The van der Waals surface area contributed by atoms with Gasteiger partial charge in [-0.1, -0.05) is 0 Å². The van der Waals surface area contributed by atoms with Crippen molar-refractivity contribution in [1.29, 1.82) is 0 Å². The number of nitrogens with zero attached hydrogens (tertiary/aromatic N) is 3. The number of ketones is 1. The van der Waals surface area contributed by atoms with Gasteiger partial charge in [-0.3, -0.25) is 14.5 Å². The van der Waals surface area contributed by atoms with Gasteiger partial charge in [0.05, 0.1) is 5.69 Å². The molecular formula is C11H11N3O. The van der Waals surface area contributed by atoms with Crippen LogP contribution in [-0.4, -0.2) is 20.5 Å². The monoisotopic (exact) mass is 201 g/mol. The van der Waals surface area contributed by atoms with E-state index in [4.69, 9.17) is 0 Å². The van der Waals surface area contributed by atoms with Crippen molar-refractivity contribution in [3.8, 4) is 11.3 Å². The quantitative estimate of drug-likeness (QED) is 0.694. The molecular weight excluding hydrogens is 190 g/mol. The summed E-state index contributed by atoms with van der Waals surface area (Å²) in [6.45, 7) is 1.53. The van der Waals surface area contributed by atoms with Gasteiger partial charge >= 0.3 is 0 Å². The summed E-state index contributed by atoms with van der Waals surface area (Å²) in [4.78, 5) is 15.2. The lowest BCUT2D eigenvalue weighted by Gasteiger charge is -1.93. The highest BCUT2D eigenvalue weighted by atomic mass is 16.1. The summed E-state index contributed by atoms with van der Waals surface area (Å²) in [6, 6.07) is 5.54. The molecule has 4 nitrogen and oxygen atoms in total. The molecule has 2 rings (SSSR count). The lowest BCUT2D eigenvalue weighted by molar-refractivity contribution is 0.100. The van der Waals surface area contributed by atoms with E-state index in [1.54, 1.807) is 30.2 Å². The number of hydrogen-bond donors (Lipinski definition) is 0. The topological polar surface area (TPSA) is 47.8 Å². The Hall–Kier alpha value is -1.97. The second-order valence-corrected chi connectivity index (χ2v) is 3.34. The van der Waals surface area contributed by atoms with Gasteiger partial charge in [-0.05, 0) is 18.2 Å². The fourth-order valence-electron chi connectivity index (χ4n) is 1.45. The highest BCUT2D eigenvalue weighted by Crippen LogP contribution is 2.17. The summed E-state index contributed by atoms with van der Waals surface area (Å²) in [7, 11) is 1.76. The van der Waals surface area contributed by atoms with Crippen LogP contribution in [0.1, 0.15) is 17.4 Å². The summed E-state index contributed by atoms with van der Waals surface area (Å²) in [6.07, 6.45) is 3.44. The lowest BCUT2D eigenvalue weighted by Crippen LogP contribution is -2.02. The SMILES string of the molecule is CC(=O)c1cc(-c2cccnc2)nn1C. The predicted octanol–water partition coefficient (Wildman–Crippen LogP) is 1.68. The maximum atomic E-state index is 11.2. The molecule has 15 heavy (non-hydrogen) atoms. The second kappa shape index (κ2) is 3.65. The maximum Gasteiger partial charge on any atom is 0.177 e. The molecule has 0 atom stereocenters. The van der Waals surface area contributed by atoms with Crippen LogP contribution < -0.4 is 0 Å². The number of hydrogen-bond acceptors (Lipinski definition) is 3. The molecule has 0 fully saturated rings. The zero-order valence-corrected chi connectivity index (χ0v) is 8.64. The van der Waals surface area contributed by atoms with Crippen molar-refractivity contribution in [2.24, 2.45) is 7.05 Å². The Bertz CT molecular complexity index is 488. The minimum atomic E-state index is 0.0140. The van der Waals surface area contributed by atoms with Crippen LogP contribution in [0, 0.1) is 0 Å². The zero-order chi connectivity index (χ0) is 10.8. The van der Waals surface area contributed by atoms with Gasteiger partial charge in [0.1, 0.15) is 5.69 Å². The Balaban J connectivity index is 2.48. The van der Waals surface area contributed by atoms with Crippen LogP contribution in [-0.2, 0) is 7.05 Å². The Labute approximate surface area is 87.6 Å². The Morgan fingerprint density at radius 3 is 2.80 bits per heavy atom. The first-order valence-electron chi connectivity index (χ1n) is 4.64. The van der Waals surface area contributed by atoms with E-state index < -0.39 is 0 Å². The third-order valence-electron chi connectivity index (χ3n) is 2.20. The minimum Gasteiger partial charge on any atom is -0.293 e. The van der Waals surface area contributed by atoms with Crippen LogP contribution in [0.2, 0.25) is 0 Å². The fourth-order valence-corrected chi connectivity index (χ4v) is 1.45. The van der Waals surface area contributed by atoms with Gasteiger partial charge in [0.15, 0.2) is 5.78 Å². The van der Waals surface area contributed by atoms with E-state index in [-0.39, 0.29) is 5.78 Å². The number of aromatic nitrogens is 3. The maximum absolute atomic E-state index is 11.2. The zero-order valence-electron chi connectivity index (χ0n) is 8.64. The van der Waals surface area contributed by atoms with Crippen molar-refractivity contribution in [2.45, 2.75) is 6.92 Å². The van der Waals surface area contributed by atoms with E-state index in [9.17, 15) is 4.79 Å². The molecule has 0 aliphatic rings. The molecule has 0 bridgehead atoms. The Kier molecular flexibility index (Phi) is 2.33. The molecule has 0 aliphatic heterocycles. The minimum absolute atomic E-state index is 0.0140. The largest absolute Gasteiger partial charge is 0.293 e. The molecule has 2 aromatic rings. The van der Waals surface area contributed by atoms with Crippen molar-refractivity contribution in [3.05, 3.63) is 36.3 Å². The van der Waals surface area contributed by atoms with Crippen molar-refractivity contribution < 1.29 is 4.79 Å². The van der Waals surface area contributed by atoms with Crippen molar-refractivity contribution >= 4 is 5.78 Å². The molecule has 0 aromatic carbocycles. The third-order valence-corrected chi connectivity index (χ3v) is 2.20. The average Bonchev–Trinajstić information content (AvgIpc) is 2.62. The molecule has 0 unspecified atom stereocenters. The van der Waals surface area contributed by atoms with Crippen LogP contribution in [0.4, 0.5) is 0 Å². The molecule has 2 aromatic heterocycles. The van der Waals surface area contributed by atoms with E-state index >= 15 is 0 Å². The number of rotatable bonds is 2. The average molecular weight is 201 g/mol. The number of aryl methyl sites for hydroxylation is 1. The number of carbonyl (C=O) groups is 1. The second-order valence-electron chi connectivity index (χ2n) is 3.34. The van der Waals surface area contributed by atoms with E-state index in [0.29, 0.717) is 5.69 Å². The highest BCUT2D eigenvalue weighted by molar-refractivity contribution is 5.93. The molecule has 4 heteroatoms. The molecule has 76 valence electrons. The van der Waals surface area contributed by atoms with E-state index in [2.05, 4.69) is 10.1 Å². The summed E-state index contributed by atoms with van der Waals surface area (Å²) < 4.78 is 1.59. The summed E-state index contributed by atoms with van der Waals surface area (Å²) >= 11 is 0. The Morgan fingerprint density at radius 1 is 1.47 bits per heavy atom. The molecule has 0 spiro atoms. The number of Topliss-reactive ketones (excluding diaryl/α,β-unsaturated/α-hetero) is 1. The summed E-state index contributed by atoms with van der Waals surface area (Å²) in [5.41, 5.74) is 2.30. The summed E-state index contributed by atoms with van der Waals surface area (Å²) in [5.74, 6) is 0.0140. The first kappa shape index (κ1) is 9.58. The Morgan fingerprint density at radius 2 is 2.27 bits per heavy atom. The highest BCUT2D eigenvalue weighted by Gasteiger charge is 2.09. The van der Waals surface area contributed by atoms with E-state index in [1.165, 1.54) is 6.92 Å². The molecule has 2 heterocycles. The van der Waals surface area contributed by atoms with Gasteiger partial charge in [-0.25, -0.2) is 0 Å². The smallest absolute Gasteiger partial charge is 0.177 e. The van der Waals surface area contributed by atoms with Gasteiger partial charge in [0, 0.05) is 31.9 Å². The van der Waals surface area contributed by atoms with E-state index in [1.807, 2.05) is 12.1 Å². The predicted molar refractivity (Wildman–Crippen MR) is 56.4 cm³/mol. The third kappa shape index (κ3) is 1.79. The standard InChI is InChI=1S/C11H11N3O/c1-8(15)11-6-10(13-14(11)2)9-4-3-5-12-7-9/h3-7H,1-2H3. The van der Waals surface area contributed by atoms with Gasteiger partial charge in [0.2, 0.25) is 0 Å². The van der Waals surface area contributed by atoms with Crippen LogP contribution in [0.5, 0.6) is 0 Å². The molecule has 0 saturated carbocycles. The normalized spacial score (nSPS) is 10.3. The molecule has 0 amide bonds. The van der Waals surface area contributed by atoms with Crippen molar-refractivity contribution in [2.75, 3.05) is 0 Å². The van der Waals surface area contributed by atoms with Crippen LogP contribution in [0.3, 0.4) is 0 Å². The number of carbonyl (C=O) groups excluding carboxylic acids is 1. The van der Waals surface area contributed by atoms with Gasteiger partial charge in [-0.2, -0.15) is 5.10 Å². The number of pyridine rings is 1. The van der Waals surface area contributed by atoms with Gasteiger partial charge in [-0.15, -0.1) is 0 Å². The van der Waals surface area contributed by atoms with Crippen molar-refractivity contribution in [1.82, 2.24) is 14.8 Å². The van der Waals surface area contributed by atoms with Gasteiger partial charge in [0.25, 0.3) is 0 Å². The van der Waals surface area contributed by atoms with E-state index in [0.717, 1.165) is 11.3 Å². The summed E-state index contributed by atoms with van der Waals surface area (Å²) in [5, 5.41) is 4.26.